The molecule has 0 saturated carbocycles. The van der Waals surface area contributed by atoms with Crippen molar-refractivity contribution in [2.45, 2.75) is 115 Å². The second kappa shape index (κ2) is 18.2. The summed E-state index contributed by atoms with van der Waals surface area (Å²) in [5.41, 5.74) is 0. The van der Waals surface area contributed by atoms with Crippen LogP contribution < -0.4 is 0 Å². The molecule has 0 amide bonds. The third-order valence-electron chi connectivity index (χ3n) is 4.70. The smallest absolute Gasteiger partial charge is 0.190 e. The lowest BCUT2D eigenvalue weighted by molar-refractivity contribution is 0.531. The second-order valence-electron chi connectivity index (χ2n) is 7.07. The van der Waals surface area contributed by atoms with Gasteiger partial charge in [-0.1, -0.05) is 115 Å². The van der Waals surface area contributed by atoms with E-state index >= 15 is 0 Å². The summed E-state index contributed by atoms with van der Waals surface area (Å²) in [6.45, 7) is 2.29. The van der Waals surface area contributed by atoms with Crippen molar-refractivity contribution >= 4 is 11.8 Å². The number of thioether (sulfide) groups is 1. The Morgan fingerprint density at radius 2 is 1.00 bits per heavy atom. The molecule has 0 aliphatic heterocycles. The van der Waals surface area contributed by atoms with Crippen LogP contribution in [0, 0.1) is 0 Å². The fourth-order valence-corrected chi connectivity index (χ4v) is 3.89. The molecule has 1 aromatic rings. The highest BCUT2D eigenvalue weighted by Crippen LogP contribution is 2.16. The molecule has 4 heteroatoms. The summed E-state index contributed by atoms with van der Waals surface area (Å²) in [7, 11) is 0. The zero-order valence-corrected chi connectivity index (χ0v) is 17.2. The molecule has 25 heavy (non-hydrogen) atoms. The van der Waals surface area contributed by atoms with Crippen molar-refractivity contribution in [3.63, 3.8) is 0 Å². The van der Waals surface area contributed by atoms with E-state index in [-0.39, 0.29) is 0 Å². The number of unbranched alkanes of at least 4 members (excludes halogenated alkanes) is 15. The maximum Gasteiger partial charge on any atom is 0.190 e. The Hall–Kier alpha value is -0.640. The molecule has 0 atom stereocenters. The zero-order valence-electron chi connectivity index (χ0n) is 16.4. The minimum atomic E-state index is 0.857. The number of hydrogen-bond donors (Lipinski definition) is 0. The largest absolute Gasteiger partial charge is 0.225 e. The first-order chi connectivity index (χ1) is 12.4. The highest BCUT2D eigenvalue weighted by atomic mass is 32.2. The summed E-state index contributed by atoms with van der Waals surface area (Å²) in [5, 5.41) is 0.857. The van der Waals surface area contributed by atoms with Gasteiger partial charge in [-0.05, 0) is 6.42 Å². The van der Waals surface area contributed by atoms with Crippen LogP contribution in [-0.4, -0.2) is 20.7 Å². The standard InChI is InChI=1S/C21H39N3S/c1-2-3-4-5-6-7-8-9-10-11-12-13-14-15-16-17-18-25-21-23-19-22-20-24-21/h19-20H,2-18H2,1H3. The van der Waals surface area contributed by atoms with Crippen molar-refractivity contribution in [3.8, 4) is 0 Å². The van der Waals surface area contributed by atoms with Gasteiger partial charge in [0.05, 0.1) is 0 Å². The number of rotatable bonds is 18. The third-order valence-corrected chi connectivity index (χ3v) is 5.66. The van der Waals surface area contributed by atoms with Gasteiger partial charge < -0.3 is 0 Å². The Labute approximate surface area is 160 Å². The normalized spacial score (nSPS) is 11.1. The minimum Gasteiger partial charge on any atom is -0.225 e. The first-order valence-corrected chi connectivity index (χ1v) is 11.7. The summed E-state index contributed by atoms with van der Waals surface area (Å²) in [6, 6.07) is 0. The molecule has 0 saturated heterocycles. The van der Waals surface area contributed by atoms with Crippen LogP contribution in [0.25, 0.3) is 0 Å². The van der Waals surface area contributed by atoms with Crippen molar-refractivity contribution in [1.82, 2.24) is 15.0 Å². The van der Waals surface area contributed by atoms with E-state index in [1.807, 2.05) is 0 Å². The Morgan fingerprint density at radius 1 is 0.600 bits per heavy atom. The van der Waals surface area contributed by atoms with E-state index in [4.69, 9.17) is 0 Å². The predicted molar refractivity (Wildman–Crippen MR) is 110 cm³/mol. The van der Waals surface area contributed by atoms with Crippen LogP contribution in [0.15, 0.2) is 17.8 Å². The van der Waals surface area contributed by atoms with Crippen molar-refractivity contribution in [3.05, 3.63) is 12.7 Å². The van der Waals surface area contributed by atoms with Crippen LogP contribution >= 0.6 is 11.8 Å². The van der Waals surface area contributed by atoms with E-state index in [2.05, 4.69) is 21.9 Å². The first-order valence-electron chi connectivity index (χ1n) is 10.7. The lowest BCUT2D eigenvalue weighted by Gasteiger charge is -2.03. The number of hydrogen-bond acceptors (Lipinski definition) is 4. The number of nitrogens with zero attached hydrogens (tertiary/aromatic N) is 3. The molecule has 0 bridgehead atoms. The molecule has 0 radical (unpaired) electrons. The van der Waals surface area contributed by atoms with Crippen LogP contribution in [0.2, 0.25) is 0 Å². The summed E-state index contributed by atoms with van der Waals surface area (Å²) in [6.07, 6.45) is 25.9. The fraction of sp³-hybridized carbons (Fsp3) is 0.857. The summed E-state index contributed by atoms with van der Waals surface area (Å²) >= 11 is 1.74. The molecule has 144 valence electrons. The van der Waals surface area contributed by atoms with Crippen LogP contribution in [0.1, 0.15) is 110 Å². The molecule has 0 N–H and O–H groups in total. The van der Waals surface area contributed by atoms with Gasteiger partial charge in [0.2, 0.25) is 0 Å². The highest BCUT2D eigenvalue weighted by molar-refractivity contribution is 7.99. The maximum atomic E-state index is 4.13. The van der Waals surface area contributed by atoms with Crippen molar-refractivity contribution < 1.29 is 0 Å². The van der Waals surface area contributed by atoms with Crippen LogP contribution in [0.4, 0.5) is 0 Å². The Kier molecular flexibility index (Phi) is 16.3. The third kappa shape index (κ3) is 15.3. The topological polar surface area (TPSA) is 38.7 Å². The quantitative estimate of drug-likeness (QED) is 0.203. The van der Waals surface area contributed by atoms with Crippen molar-refractivity contribution in [2.24, 2.45) is 0 Å². The minimum absolute atomic E-state index is 0.857. The van der Waals surface area contributed by atoms with Gasteiger partial charge in [-0.25, -0.2) is 15.0 Å². The van der Waals surface area contributed by atoms with E-state index in [0.717, 1.165) is 10.9 Å². The molecule has 0 fully saturated rings. The van der Waals surface area contributed by atoms with E-state index in [0.29, 0.717) is 0 Å². The zero-order chi connectivity index (χ0) is 17.8. The SMILES string of the molecule is CCCCCCCCCCCCCCCCCCSc1ncncn1. The molecule has 0 spiro atoms. The lowest BCUT2D eigenvalue weighted by atomic mass is 10.0. The first kappa shape index (κ1) is 22.4. The van der Waals surface area contributed by atoms with Crippen molar-refractivity contribution in [1.29, 1.82) is 0 Å². The average molecular weight is 366 g/mol. The molecule has 0 aliphatic carbocycles. The van der Waals surface area contributed by atoms with E-state index in [1.165, 1.54) is 103 Å². The molecule has 1 aromatic heterocycles. The predicted octanol–water partition coefficient (Wildman–Crippen LogP) is 7.23. The van der Waals surface area contributed by atoms with Gasteiger partial charge in [0.1, 0.15) is 12.7 Å². The maximum absolute atomic E-state index is 4.13. The van der Waals surface area contributed by atoms with Gasteiger partial charge in [-0.2, -0.15) is 0 Å². The fourth-order valence-electron chi connectivity index (χ4n) is 3.12. The van der Waals surface area contributed by atoms with Gasteiger partial charge in [0.25, 0.3) is 0 Å². The summed E-state index contributed by atoms with van der Waals surface area (Å²) in [5.74, 6) is 1.13. The van der Waals surface area contributed by atoms with Gasteiger partial charge in [-0.15, -0.1) is 0 Å². The van der Waals surface area contributed by atoms with E-state index in [1.54, 1.807) is 24.4 Å². The lowest BCUT2D eigenvalue weighted by Crippen LogP contribution is -1.88. The van der Waals surface area contributed by atoms with E-state index < -0.39 is 0 Å². The average Bonchev–Trinajstić information content (AvgIpc) is 2.65. The van der Waals surface area contributed by atoms with Gasteiger partial charge >= 0.3 is 0 Å². The Bertz CT molecular complexity index is 373. The summed E-state index contributed by atoms with van der Waals surface area (Å²) in [4.78, 5) is 12.1. The Morgan fingerprint density at radius 3 is 1.44 bits per heavy atom. The van der Waals surface area contributed by atoms with Gasteiger partial charge in [-0.3, -0.25) is 0 Å². The van der Waals surface area contributed by atoms with Crippen LogP contribution in [-0.2, 0) is 0 Å². The summed E-state index contributed by atoms with van der Waals surface area (Å²) < 4.78 is 0. The highest BCUT2D eigenvalue weighted by Gasteiger charge is 1.97. The van der Waals surface area contributed by atoms with E-state index in [9.17, 15) is 0 Å². The van der Waals surface area contributed by atoms with Crippen LogP contribution in [0.3, 0.4) is 0 Å². The molecule has 0 unspecified atom stereocenters. The molecular weight excluding hydrogens is 326 g/mol. The van der Waals surface area contributed by atoms with Crippen LogP contribution in [0.5, 0.6) is 0 Å². The molecule has 1 heterocycles. The van der Waals surface area contributed by atoms with Gasteiger partial charge in [0.15, 0.2) is 5.16 Å². The van der Waals surface area contributed by atoms with Crippen molar-refractivity contribution in [2.75, 3.05) is 5.75 Å². The van der Waals surface area contributed by atoms with Gasteiger partial charge in [0, 0.05) is 5.75 Å². The molecule has 0 aliphatic rings. The number of aromatic nitrogens is 3. The molecule has 3 nitrogen and oxygen atoms in total. The second-order valence-corrected chi connectivity index (χ2v) is 8.13. The molecule has 1 rings (SSSR count). The molecular formula is C21H39N3S. The molecule has 0 aromatic carbocycles. The monoisotopic (exact) mass is 365 g/mol. The Balaban J connectivity index is 1.69.